The number of anilines is 1. The Balaban J connectivity index is 1.73. The molecule has 25 heavy (non-hydrogen) atoms. The first kappa shape index (κ1) is 17.2. The maximum Gasteiger partial charge on any atom is 0.263 e. The number of methoxy groups -OCH3 is 1. The summed E-state index contributed by atoms with van der Waals surface area (Å²) in [5.41, 5.74) is 1.39. The summed E-state index contributed by atoms with van der Waals surface area (Å²) in [5.74, 6) is 1.15. The number of benzene rings is 2. The Hall–Kier alpha value is -2.68. The van der Waals surface area contributed by atoms with Gasteiger partial charge in [-0.2, -0.15) is 5.21 Å². The van der Waals surface area contributed by atoms with Crippen molar-refractivity contribution in [3.8, 4) is 11.5 Å². The average molecular weight is 408 g/mol. The smallest absolute Gasteiger partial charge is 0.263 e. The van der Waals surface area contributed by atoms with E-state index in [0.29, 0.717) is 29.6 Å². The molecule has 0 aliphatic rings. The predicted octanol–water partition coefficient (Wildman–Crippen LogP) is 3.30. The van der Waals surface area contributed by atoms with Crippen LogP contribution in [0.3, 0.4) is 0 Å². The van der Waals surface area contributed by atoms with E-state index in [1.54, 1.807) is 31.4 Å². The van der Waals surface area contributed by atoms with E-state index in [1.807, 2.05) is 6.07 Å². The molecule has 0 radical (unpaired) electrons. The molecule has 0 amide bonds. The Bertz CT molecular complexity index is 845. The molecular weight excluding hydrogens is 393 g/mol. The minimum absolute atomic E-state index is 0.107. The number of H-pyrrole nitrogens is 1. The molecule has 0 saturated heterocycles. The van der Waals surface area contributed by atoms with Gasteiger partial charge in [-0.3, -0.25) is 0 Å². The molecule has 2 N–H and O–H groups in total. The summed E-state index contributed by atoms with van der Waals surface area (Å²) in [5, 5.41) is 16.5. The highest BCUT2D eigenvalue weighted by Gasteiger charge is 2.12. The van der Waals surface area contributed by atoms with Crippen LogP contribution in [0.1, 0.15) is 11.1 Å². The molecule has 0 spiro atoms. The second-order valence-electron chi connectivity index (χ2n) is 5.06. The Labute approximate surface area is 151 Å². The van der Waals surface area contributed by atoms with Gasteiger partial charge in [0.05, 0.1) is 7.11 Å². The normalized spacial score (nSPS) is 10.5. The molecule has 0 atom stereocenters. The fourth-order valence-electron chi connectivity index (χ4n) is 2.17. The van der Waals surface area contributed by atoms with Gasteiger partial charge in [0.25, 0.3) is 5.95 Å². The van der Waals surface area contributed by atoms with E-state index < -0.39 is 0 Å². The lowest BCUT2D eigenvalue weighted by Crippen LogP contribution is -2.04. The topological polar surface area (TPSA) is 85.0 Å². The summed E-state index contributed by atoms with van der Waals surface area (Å²) in [6, 6.07) is 10.1. The van der Waals surface area contributed by atoms with Gasteiger partial charge < -0.3 is 14.8 Å². The van der Waals surface area contributed by atoms with Gasteiger partial charge >= 0.3 is 0 Å². The van der Waals surface area contributed by atoms with Crippen LogP contribution in [-0.4, -0.2) is 27.7 Å². The van der Waals surface area contributed by atoms with Crippen molar-refractivity contribution in [2.75, 3.05) is 12.4 Å². The van der Waals surface area contributed by atoms with Gasteiger partial charge in [-0.05, 0) is 29.0 Å². The summed E-state index contributed by atoms with van der Waals surface area (Å²) in [6.07, 6.45) is 0. The number of hydrogen-bond donors (Lipinski definition) is 2. The lowest BCUT2D eigenvalue weighted by atomic mass is 10.2. The van der Waals surface area contributed by atoms with Crippen LogP contribution in [0.5, 0.6) is 11.5 Å². The number of aromatic amines is 1. The van der Waals surface area contributed by atoms with Crippen LogP contribution in [0.25, 0.3) is 0 Å². The highest BCUT2D eigenvalue weighted by atomic mass is 79.9. The third-order valence-electron chi connectivity index (χ3n) is 3.46. The standard InChI is InChI=1S/C16H15BrFN5O2/c1-24-14-6-11(8-19-16-20-22-23-21-16)12(17)7-15(14)25-9-10-4-2-3-5-13(10)18/h2-7H,8-9H2,1H3,(H2,19,20,21,22,23). The molecule has 1 aromatic heterocycles. The maximum atomic E-state index is 13.7. The van der Waals surface area contributed by atoms with Crippen molar-refractivity contribution in [1.82, 2.24) is 20.6 Å². The van der Waals surface area contributed by atoms with Crippen LogP contribution < -0.4 is 14.8 Å². The second-order valence-corrected chi connectivity index (χ2v) is 5.92. The van der Waals surface area contributed by atoms with E-state index in [9.17, 15) is 4.39 Å². The highest BCUT2D eigenvalue weighted by Crippen LogP contribution is 2.34. The summed E-state index contributed by atoms with van der Waals surface area (Å²) in [7, 11) is 1.55. The zero-order valence-electron chi connectivity index (χ0n) is 13.3. The monoisotopic (exact) mass is 407 g/mol. The third kappa shape index (κ3) is 4.24. The van der Waals surface area contributed by atoms with Gasteiger partial charge in [-0.1, -0.05) is 39.2 Å². The number of nitrogens with one attached hydrogen (secondary N) is 2. The average Bonchev–Trinajstić information content (AvgIpc) is 3.13. The van der Waals surface area contributed by atoms with E-state index in [2.05, 4.69) is 41.9 Å². The fourth-order valence-corrected chi connectivity index (χ4v) is 2.63. The summed E-state index contributed by atoms with van der Waals surface area (Å²) in [4.78, 5) is 0. The zero-order chi connectivity index (χ0) is 17.6. The van der Waals surface area contributed by atoms with Gasteiger partial charge in [-0.15, -0.1) is 5.10 Å². The number of hydrogen-bond acceptors (Lipinski definition) is 6. The second kappa shape index (κ2) is 7.93. The van der Waals surface area contributed by atoms with Crippen LogP contribution in [0.4, 0.5) is 10.3 Å². The summed E-state index contributed by atoms with van der Waals surface area (Å²) >= 11 is 3.50. The van der Waals surface area contributed by atoms with Crippen molar-refractivity contribution >= 4 is 21.9 Å². The molecule has 1 heterocycles. The predicted molar refractivity (Wildman–Crippen MR) is 92.9 cm³/mol. The Morgan fingerprint density at radius 2 is 2.04 bits per heavy atom. The van der Waals surface area contributed by atoms with E-state index in [-0.39, 0.29) is 12.4 Å². The third-order valence-corrected chi connectivity index (χ3v) is 4.19. The van der Waals surface area contributed by atoms with Crippen LogP contribution in [0, 0.1) is 5.82 Å². The van der Waals surface area contributed by atoms with Crippen molar-refractivity contribution in [3.05, 3.63) is 57.8 Å². The van der Waals surface area contributed by atoms with Crippen LogP contribution >= 0.6 is 15.9 Å². The molecule has 0 saturated carbocycles. The number of rotatable bonds is 7. The van der Waals surface area contributed by atoms with E-state index in [0.717, 1.165) is 10.0 Å². The van der Waals surface area contributed by atoms with E-state index in [4.69, 9.17) is 9.47 Å². The number of ether oxygens (including phenoxy) is 2. The SMILES string of the molecule is COc1cc(CNc2nn[nH]n2)c(Br)cc1OCc1ccccc1F. The Kier molecular flexibility index (Phi) is 5.44. The van der Waals surface area contributed by atoms with Crippen LogP contribution in [-0.2, 0) is 13.2 Å². The number of tetrazole rings is 1. The number of aromatic nitrogens is 4. The first-order valence-corrected chi connectivity index (χ1v) is 8.16. The molecule has 2 aromatic carbocycles. The first-order chi connectivity index (χ1) is 12.2. The number of halogens is 2. The fraction of sp³-hybridized carbons (Fsp3) is 0.188. The minimum atomic E-state index is -0.304. The molecule has 0 fully saturated rings. The highest BCUT2D eigenvalue weighted by molar-refractivity contribution is 9.10. The lowest BCUT2D eigenvalue weighted by Gasteiger charge is -2.14. The molecule has 0 unspecified atom stereocenters. The van der Waals surface area contributed by atoms with E-state index >= 15 is 0 Å². The minimum Gasteiger partial charge on any atom is -0.493 e. The Morgan fingerprint density at radius 1 is 1.20 bits per heavy atom. The molecule has 7 nitrogen and oxygen atoms in total. The van der Waals surface area contributed by atoms with E-state index in [1.165, 1.54) is 6.07 Å². The molecule has 3 aromatic rings. The van der Waals surface area contributed by atoms with Gasteiger partial charge in [0.2, 0.25) is 0 Å². The molecule has 3 rings (SSSR count). The summed E-state index contributed by atoms with van der Waals surface area (Å²) < 4.78 is 25.6. The maximum absolute atomic E-state index is 13.7. The molecule has 9 heteroatoms. The largest absolute Gasteiger partial charge is 0.493 e. The molecule has 130 valence electrons. The van der Waals surface area contributed by atoms with Gasteiger partial charge in [0.15, 0.2) is 11.5 Å². The lowest BCUT2D eigenvalue weighted by molar-refractivity contribution is 0.279. The van der Waals surface area contributed by atoms with Gasteiger partial charge in [-0.25, -0.2) is 4.39 Å². The molecular formula is C16H15BrFN5O2. The van der Waals surface area contributed by atoms with Crippen molar-refractivity contribution < 1.29 is 13.9 Å². The van der Waals surface area contributed by atoms with Crippen molar-refractivity contribution in [2.45, 2.75) is 13.2 Å². The van der Waals surface area contributed by atoms with Crippen molar-refractivity contribution in [1.29, 1.82) is 0 Å². The van der Waals surface area contributed by atoms with Crippen molar-refractivity contribution in [2.24, 2.45) is 0 Å². The molecule has 0 aliphatic heterocycles. The van der Waals surface area contributed by atoms with Gasteiger partial charge in [0.1, 0.15) is 12.4 Å². The van der Waals surface area contributed by atoms with Crippen LogP contribution in [0.15, 0.2) is 40.9 Å². The quantitative estimate of drug-likeness (QED) is 0.624. The van der Waals surface area contributed by atoms with Gasteiger partial charge in [0, 0.05) is 16.6 Å². The van der Waals surface area contributed by atoms with Crippen LogP contribution in [0.2, 0.25) is 0 Å². The summed E-state index contributed by atoms with van der Waals surface area (Å²) in [6.45, 7) is 0.569. The molecule has 0 aliphatic carbocycles. The molecule has 0 bridgehead atoms. The number of nitrogens with zero attached hydrogens (tertiary/aromatic N) is 3. The zero-order valence-corrected chi connectivity index (χ0v) is 14.9. The first-order valence-electron chi connectivity index (χ1n) is 7.37. The Morgan fingerprint density at radius 3 is 2.76 bits per heavy atom. The van der Waals surface area contributed by atoms with Crippen molar-refractivity contribution in [3.63, 3.8) is 0 Å².